The van der Waals surface area contributed by atoms with Crippen LogP contribution >= 0.6 is 0 Å². The van der Waals surface area contributed by atoms with E-state index >= 15 is 0 Å². The van der Waals surface area contributed by atoms with Crippen molar-refractivity contribution in [3.63, 3.8) is 0 Å². The van der Waals surface area contributed by atoms with Crippen molar-refractivity contribution in [2.24, 2.45) is 0 Å². The number of rotatable bonds is 7. The summed E-state index contributed by atoms with van der Waals surface area (Å²) in [5.41, 5.74) is 0. The van der Waals surface area contributed by atoms with Crippen molar-refractivity contribution in [1.29, 1.82) is 0 Å². The molecule has 0 aliphatic carbocycles. The van der Waals surface area contributed by atoms with Gasteiger partial charge in [-0.15, -0.1) is 0 Å². The second-order valence-corrected chi connectivity index (χ2v) is 5.45. The van der Waals surface area contributed by atoms with E-state index in [9.17, 15) is 9.59 Å². The average molecular weight is 285 g/mol. The number of amides is 2. The van der Waals surface area contributed by atoms with Gasteiger partial charge in [0.25, 0.3) is 0 Å². The van der Waals surface area contributed by atoms with Crippen molar-refractivity contribution in [2.45, 2.75) is 45.7 Å². The summed E-state index contributed by atoms with van der Waals surface area (Å²) >= 11 is 0. The predicted octanol–water partition coefficient (Wildman–Crippen LogP) is -0.184. The normalized spacial score (nSPS) is 20.1. The summed E-state index contributed by atoms with van der Waals surface area (Å²) in [6.07, 6.45) is 1.03. The van der Waals surface area contributed by atoms with E-state index in [-0.39, 0.29) is 30.9 Å². The third-order valence-electron chi connectivity index (χ3n) is 3.62. The highest BCUT2D eigenvalue weighted by Gasteiger charge is 2.33. The van der Waals surface area contributed by atoms with Gasteiger partial charge in [0.1, 0.15) is 0 Å². The van der Waals surface area contributed by atoms with Gasteiger partial charge in [0, 0.05) is 32.2 Å². The second kappa shape index (κ2) is 8.21. The van der Waals surface area contributed by atoms with Crippen LogP contribution in [-0.2, 0) is 9.59 Å². The van der Waals surface area contributed by atoms with E-state index in [1.165, 1.54) is 0 Å². The van der Waals surface area contributed by atoms with Gasteiger partial charge in [-0.25, -0.2) is 0 Å². The maximum atomic E-state index is 12.3. The first-order valence-electron chi connectivity index (χ1n) is 7.43. The van der Waals surface area contributed by atoms with Gasteiger partial charge >= 0.3 is 0 Å². The number of nitrogens with one attached hydrogen (secondary N) is 1. The highest BCUT2D eigenvalue weighted by atomic mass is 16.3. The van der Waals surface area contributed by atoms with Gasteiger partial charge in [-0.2, -0.15) is 0 Å². The van der Waals surface area contributed by atoms with Gasteiger partial charge in [0.2, 0.25) is 11.8 Å². The number of aliphatic hydroxyl groups excluding tert-OH is 1. The quantitative estimate of drug-likeness (QED) is 0.680. The zero-order chi connectivity index (χ0) is 15.1. The zero-order valence-electron chi connectivity index (χ0n) is 12.8. The van der Waals surface area contributed by atoms with Gasteiger partial charge < -0.3 is 15.3 Å². The van der Waals surface area contributed by atoms with Crippen LogP contribution in [0.4, 0.5) is 0 Å². The van der Waals surface area contributed by atoms with Crippen LogP contribution in [0.2, 0.25) is 0 Å². The highest BCUT2D eigenvalue weighted by molar-refractivity contribution is 5.88. The molecule has 6 nitrogen and oxygen atoms in total. The molecule has 116 valence electrons. The van der Waals surface area contributed by atoms with Crippen LogP contribution in [0.5, 0.6) is 0 Å². The van der Waals surface area contributed by atoms with Gasteiger partial charge in [0.15, 0.2) is 0 Å². The number of aliphatic hydroxyl groups is 1. The first-order valence-corrected chi connectivity index (χ1v) is 7.43. The van der Waals surface area contributed by atoms with Crippen molar-refractivity contribution >= 4 is 11.8 Å². The first-order chi connectivity index (χ1) is 9.51. The van der Waals surface area contributed by atoms with Crippen molar-refractivity contribution < 1.29 is 14.7 Å². The van der Waals surface area contributed by atoms with E-state index in [1.54, 1.807) is 4.90 Å². The van der Waals surface area contributed by atoms with E-state index in [0.29, 0.717) is 19.6 Å². The standard InChI is InChI=1S/C14H27N3O3/c1-4-6-16(8-9-18)13(19)10-12-14(20)15-5-7-17(12)11(2)3/h11-12,18H,4-10H2,1-3H3,(H,15,20)/t12-/m0/s1. The molecule has 1 aliphatic rings. The topological polar surface area (TPSA) is 72.9 Å². The summed E-state index contributed by atoms with van der Waals surface area (Å²) in [7, 11) is 0. The molecule has 0 unspecified atom stereocenters. The fourth-order valence-corrected chi connectivity index (χ4v) is 2.61. The molecule has 2 N–H and O–H groups in total. The molecule has 0 spiro atoms. The Morgan fingerprint density at radius 3 is 2.75 bits per heavy atom. The first kappa shape index (κ1) is 16.9. The third-order valence-corrected chi connectivity index (χ3v) is 3.62. The Morgan fingerprint density at radius 2 is 2.20 bits per heavy atom. The minimum absolute atomic E-state index is 0.0451. The molecule has 0 saturated carbocycles. The number of carbonyl (C=O) groups is 2. The lowest BCUT2D eigenvalue weighted by Crippen LogP contribution is -2.58. The van der Waals surface area contributed by atoms with Crippen molar-refractivity contribution in [1.82, 2.24) is 15.1 Å². The van der Waals surface area contributed by atoms with E-state index in [0.717, 1.165) is 13.0 Å². The van der Waals surface area contributed by atoms with E-state index in [2.05, 4.69) is 10.2 Å². The third kappa shape index (κ3) is 4.45. The Hall–Kier alpha value is -1.14. The summed E-state index contributed by atoms with van der Waals surface area (Å²) in [6.45, 7) is 8.38. The SMILES string of the molecule is CCCN(CCO)C(=O)C[C@H]1C(=O)NCCN1C(C)C. The fraction of sp³-hybridized carbons (Fsp3) is 0.857. The number of carbonyl (C=O) groups excluding carboxylic acids is 2. The molecule has 1 rings (SSSR count). The van der Waals surface area contributed by atoms with Crippen LogP contribution < -0.4 is 5.32 Å². The molecule has 0 aromatic rings. The summed E-state index contributed by atoms with van der Waals surface area (Å²) in [5, 5.41) is 11.9. The average Bonchev–Trinajstić information content (AvgIpc) is 2.40. The maximum Gasteiger partial charge on any atom is 0.237 e. The van der Waals surface area contributed by atoms with Gasteiger partial charge in [0.05, 0.1) is 19.1 Å². The number of hydrogen-bond acceptors (Lipinski definition) is 4. The van der Waals surface area contributed by atoms with E-state index in [1.807, 2.05) is 20.8 Å². The minimum atomic E-state index is -0.394. The molecular weight excluding hydrogens is 258 g/mol. The Bertz CT molecular complexity index is 328. The lowest BCUT2D eigenvalue weighted by atomic mass is 10.1. The molecule has 0 aromatic heterocycles. The largest absolute Gasteiger partial charge is 0.395 e. The van der Waals surface area contributed by atoms with Gasteiger partial charge in [-0.05, 0) is 20.3 Å². The molecule has 1 saturated heterocycles. The minimum Gasteiger partial charge on any atom is -0.395 e. The summed E-state index contributed by atoms with van der Waals surface area (Å²) in [5.74, 6) is -0.132. The number of hydrogen-bond donors (Lipinski definition) is 2. The lowest BCUT2D eigenvalue weighted by Gasteiger charge is -2.38. The van der Waals surface area contributed by atoms with Crippen LogP contribution in [0.3, 0.4) is 0 Å². The molecule has 1 atom stereocenters. The zero-order valence-corrected chi connectivity index (χ0v) is 12.8. The fourth-order valence-electron chi connectivity index (χ4n) is 2.61. The van der Waals surface area contributed by atoms with Crippen molar-refractivity contribution in [3.8, 4) is 0 Å². The molecule has 1 fully saturated rings. The van der Waals surface area contributed by atoms with Crippen molar-refractivity contribution in [3.05, 3.63) is 0 Å². The Morgan fingerprint density at radius 1 is 1.50 bits per heavy atom. The van der Waals surface area contributed by atoms with Gasteiger partial charge in [-0.3, -0.25) is 14.5 Å². The Kier molecular flexibility index (Phi) is 6.95. The van der Waals surface area contributed by atoms with Crippen LogP contribution in [0.25, 0.3) is 0 Å². The second-order valence-electron chi connectivity index (χ2n) is 5.45. The molecule has 1 heterocycles. The van der Waals surface area contributed by atoms with Crippen LogP contribution in [0, 0.1) is 0 Å². The maximum absolute atomic E-state index is 12.3. The molecule has 0 aromatic carbocycles. The summed E-state index contributed by atoms with van der Waals surface area (Å²) in [4.78, 5) is 28.0. The molecule has 1 aliphatic heterocycles. The number of piperazine rings is 1. The molecule has 20 heavy (non-hydrogen) atoms. The summed E-state index contributed by atoms with van der Waals surface area (Å²) in [6, 6.07) is -0.161. The number of nitrogens with zero attached hydrogens (tertiary/aromatic N) is 2. The molecule has 6 heteroatoms. The Labute approximate surface area is 121 Å². The highest BCUT2D eigenvalue weighted by Crippen LogP contribution is 2.14. The van der Waals surface area contributed by atoms with Gasteiger partial charge in [-0.1, -0.05) is 6.92 Å². The van der Waals surface area contributed by atoms with Crippen LogP contribution in [-0.4, -0.2) is 71.6 Å². The monoisotopic (exact) mass is 285 g/mol. The van der Waals surface area contributed by atoms with Crippen LogP contribution in [0.1, 0.15) is 33.6 Å². The molecule has 2 amide bonds. The molecular formula is C14H27N3O3. The smallest absolute Gasteiger partial charge is 0.237 e. The Balaban J connectivity index is 2.70. The van der Waals surface area contributed by atoms with Crippen LogP contribution in [0.15, 0.2) is 0 Å². The molecule has 0 radical (unpaired) electrons. The summed E-state index contributed by atoms with van der Waals surface area (Å²) < 4.78 is 0. The predicted molar refractivity (Wildman–Crippen MR) is 77.2 cm³/mol. The van der Waals surface area contributed by atoms with Crippen molar-refractivity contribution in [2.75, 3.05) is 32.8 Å². The van der Waals surface area contributed by atoms with E-state index in [4.69, 9.17) is 5.11 Å². The van der Waals surface area contributed by atoms with E-state index < -0.39 is 6.04 Å². The lowest BCUT2D eigenvalue weighted by molar-refractivity contribution is -0.139. The molecule has 0 bridgehead atoms.